The topological polar surface area (TPSA) is 132 Å². The van der Waals surface area contributed by atoms with Crippen LogP contribution >= 0.6 is 0 Å². The molecule has 4 atom stereocenters. The first-order valence-electron chi connectivity index (χ1n) is 11.7. The molecule has 2 heterocycles. The Balaban J connectivity index is 1.41. The zero-order valence-electron chi connectivity index (χ0n) is 20.1. The summed E-state index contributed by atoms with van der Waals surface area (Å²) >= 11 is 0. The molecule has 2 bridgehead atoms. The van der Waals surface area contributed by atoms with E-state index in [4.69, 9.17) is 10.00 Å². The number of rotatable bonds is 5. The Kier molecular flexibility index (Phi) is 6.70. The van der Waals surface area contributed by atoms with Crippen molar-refractivity contribution in [3.8, 4) is 23.3 Å². The summed E-state index contributed by atoms with van der Waals surface area (Å²) in [6.07, 6.45) is 5.58. The minimum Gasteiger partial charge on any atom is -0.444 e. The van der Waals surface area contributed by atoms with Gasteiger partial charge in [-0.25, -0.2) is 14.8 Å². The van der Waals surface area contributed by atoms with Gasteiger partial charge in [-0.05, 0) is 57.1 Å². The summed E-state index contributed by atoms with van der Waals surface area (Å²) < 4.78 is 5.56. The fourth-order valence-corrected chi connectivity index (χ4v) is 4.89. The fraction of sp³-hybridized carbons (Fsp3) is 0.462. The number of likely N-dealkylation sites (tertiary alicyclic amines) is 1. The number of hydrogen-bond acceptors (Lipinski definition) is 7. The number of piperidine rings is 1. The molecule has 2 aromatic rings. The number of aromatic nitrogens is 2. The van der Waals surface area contributed by atoms with Crippen LogP contribution in [0, 0.1) is 28.6 Å². The zero-order chi connectivity index (χ0) is 25.2. The monoisotopic (exact) mass is 472 g/mol. The smallest absolute Gasteiger partial charge is 0.411 e. The summed E-state index contributed by atoms with van der Waals surface area (Å²) in [4.78, 5) is 35.6. The van der Waals surface area contributed by atoms with Gasteiger partial charge in [0.15, 0.2) is 0 Å². The molecular formula is C26H28N6O3. The van der Waals surface area contributed by atoms with Gasteiger partial charge in [0.2, 0.25) is 11.7 Å². The first-order chi connectivity index (χ1) is 16.7. The number of hydrogen-bond donors (Lipinski definition) is 1. The molecule has 9 heteroatoms. The number of carbonyl (C=O) groups is 2. The first-order valence-corrected chi connectivity index (χ1v) is 11.7. The molecule has 9 nitrogen and oxygen atoms in total. The molecule has 35 heavy (non-hydrogen) atoms. The molecule has 1 aromatic heterocycles. The summed E-state index contributed by atoms with van der Waals surface area (Å²) in [6.45, 7) is 5.42. The Morgan fingerprint density at radius 1 is 1.14 bits per heavy atom. The molecule has 2 amide bonds. The van der Waals surface area contributed by atoms with Crippen LogP contribution in [0.4, 0.5) is 4.79 Å². The third kappa shape index (κ3) is 5.41. The molecular weight excluding hydrogens is 444 g/mol. The van der Waals surface area contributed by atoms with E-state index in [1.165, 1.54) is 0 Å². The van der Waals surface area contributed by atoms with Crippen LogP contribution in [0.25, 0.3) is 11.1 Å². The largest absolute Gasteiger partial charge is 0.444 e. The molecule has 0 spiro atoms. The maximum absolute atomic E-state index is 13.2. The number of nitriles is 2. The second-order valence-electron chi connectivity index (χ2n) is 10.1. The van der Waals surface area contributed by atoms with Crippen LogP contribution in [0.2, 0.25) is 0 Å². The normalized spacial score (nSPS) is 21.6. The van der Waals surface area contributed by atoms with Crippen molar-refractivity contribution in [2.45, 2.75) is 70.2 Å². The molecule has 4 rings (SSSR count). The Labute approximate surface area is 204 Å². The van der Waals surface area contributed by atoms with Gasteiger partial charge in [-0.15, -0.1) is 0 Å². The quantitative estimate of drug-likeness (QED) is 0.706. The number of benzene rings is 1. The van der Waals surface area contributed by atoms with E-state index < -0.39 is 23.8 Å². The van der Waals surface area contributed by atoms with Gasteiger partial charge in [0.05, 0.1) is 6.07 Å². The lowest BCUT2D eigenvalue weighted by atomic mass is 9.97. The van der Waals surface area contributed by atoms with Gasteiger partial charge in [-0.3, -0.25) is 9.69 Å². The number of nitrogens with zero attached hydrogens (tertiary/aromatic N) is 5. The molecule has 0 radical (unpaired) electrons. The van der Waals surface area contributed by atoms with Crippen molar-refractivity contribution in [2.24, 2.45) is 5.92 Å². The van der Waals surface area contributed by atoms with Crippen molar-refractivity contribution >= 4 is 12.0 Å². The van der Waals surface area contributed by atoms with Crippen molar-refractivity contribution in [3.63, 3.8) is 0 Å². The number of amides is 2. The lowest BCUT2D eigenvalue weighted by molar-refractivity contribution is -0.128. The minimum absolute atomic E-state index is 0.00452. The predicted octanol–water partition coefficient (Wildman–Crippen LogP) is 3.35. The average Bonchev–Trinajstić information content (AvgIpc) is 3.45. The van der Waals surface area contributed by atoms with Gasteiger partial charge in [0, 0.05) is 30.4 Å². The molecule has 180 valence electrons. The van der Waals surface area contributed by atoms with E-state index in [0.29, 0.717) is 6.42 Å². The third-order valence-corrected chi connectivity index (χ3v) is 6.41. The van der Waals surface area contributed by atoms with E-state index >= 15 is 0 Å². The van der Waals surface area contributed by atoms with Crippen LogP contribution < -0.4 is 5.32 Å². The number of fused-ring (bicyclic) bond motifs is 2. The number of nitrogens with one attached hydrogen (secondary N) is 1. The van der Waals surface area contributed by atoms with Crippen LogP contribution in [0.1, 0.15) is 51.4 Å². The summed E-state index contributed by atoms with van der Waals surface area (Å²) in [5, 5.41) is 21.4. The molecule has 1 saturated heterocycles. The third-order valence-electron chi connectivity index (χ3n) is 6.41. The van der Waals surface area contributed by atoms with Crippen LogP contribution in [0.3, 0.4) is 0 Å². The van der Waals surface area contributed by atoms with Gasteiger partial charge in [-0.2, -0.15) is 10.5 Å². The van der Waals surface area contributed by atoms with Gasteiger partial charge in [-0.1, -0.05) is 24.3 Å². The maximum atomic E-state index is 13.2. The van der Waals surface area contributed by atoms with E-state index in [0.717, 1.165) is 36.0 Å². The Morgan fingerprint density at radius 2 is 1.83 bits per heavy atom. The van der Waals surface area contributed by atoms with Crippen LogP contribution in [-0.2, 0) is 16.0 Å². The van der Waals surface area contributed by atoms with Gasteiger partial charge < -0.3 is 10.1 Å². The highest BCUT2D eigenvalue weighted by Crippen LogP contribution is 2.43. The standard InChI is InChI=1S/C26H28N6O3/c1-26(2,3)35-25(34)32-21-9-8-18(11-21)23(32)24(33)31-20(12-27)10-16-4-6-17(7-5-16)19-14-29-22(13-28)30-15-19/h4-7,14-15,18,20-21,23H,8-11H2,1-3H3,(H,31,33). The van der Waals surface area contributed by atoms with Crippen molar-refractivity contribution < 1.29 is 14.3 Å². The highest BCUT2D eigenvalue weighted by molar-refractivity contribution is 5.87. The van der Waals surface area contributed by atoms with Crippen molar-refractivity contribution in [2.75, 3.05) is 0 Å². The van der Waals surface area contributed by atoms with E-state index in [9.17, 15) is 14.9 Å². The molecule has 1 N–H and O–H groups in total. The molecule has 2 fully saturated rings. The average molecular weight is 473 g/mol. The number of carbonyl (C=O) groups excluding carboxylic acids is 2. The van der Waals surface area contributed by atoms with Crippen LogP contribution in [0.5, 0.6) is 0 Å². The van der Waals surface area contributed by atoms with Gasteiger partial charge in [0.25, 0.3) is 0 Å². The second kappa shape index (κ2) is 9.71. The summed E-state index contributed by atoms with van der Waals surface area (Å²) in [5.74, 6) is -0.111. The Morgan fingerprint density at radius 3 is 2.43 bits per heavy atom. The van der Waals surface area contributed by atoms with Gasteiger partial charge >= 0.3 is 6.09 Å². The van der Waals surface area contributed by atoms with Crippen molar-refractivity contribution in [1.29, 1.82) is 10.5 Å². The predicted molar refractivity (Wildman–Crippen MR) is 126 cm³/mol. The SMILES string of the molecule is CC(C)(C)OC(=O)N1C2CCC(C2)C1C(=O)NC(C#N)Cc1ccc(-c2cnc(C#N)nc2)cc1. The van der Waals surface area contributed by atoms with Crippen LogP contribution in [0.15, 0.2) is 36.7 Å². The Bertz CT molecular complexity index is 1170. The Hall–Kier alpha value is -3.98. The van der Waals surface area contributed by atoms with Crippen molar-refractivity contribution in [1.82, 2.24) is 20.2 Å². The van der Waals surface area contributed by atoms with E-state index in [-0.39, 0.29) is 23.7 Å². The lowest BCUT2D eigenvalue weighted by Gasteiger charge is -2.35. The fourth-order valence-electron chi connectivity index (χ4n) is 4.89. The minimum atomic E-state index is -0.730. The first kappa shape index (κ1) is 24.2. The maximum Gasteiger partial charge on any atom is 0.411 e. The van der Waals surface area contributed by atoms with E-state index in [2.05, 4.69) is 21.4 Å². The van der Waals surface area contributed by atoms with Gasteiger partial charge in [0.1, 0.15) is 23.8 Å². The summed E-state index contributed by atoms with van der Waals surface area (Å²) in [6, 6.07) is 10.3. The zero-order valence-corrected chi connectivity index (χ0v) is 20.1. The van der Waals surface area contributed by atoms with E-state index in [1.54, 1.807) is 38.1 Å². The number of ether oxygens (including phenoxy) is 1. The van der Waals surface area contributed by atoms with Crippen LogP contribution in [-0.4, -0.2) is 50.6 Å². The molecule has 1 aliphatic heterocycles. The highest BCUT2D eigenvalue weighted by atomic mass is 16.6. The highest BCUT2D eigenvalue weighted by Gasteiger charge is 2.52. The molecule has 4 unspecified atom stereocenters. The summed E-state index contributed by atoms with van der Waals surface area (Å²) in [7, 11) is 0. The molecule has 1 saturated carbocycles. The second-order valence-corrected chi connectivity index (χ2v) is 10.1. The summed E-state index contributed by atoms with van der Waals surface area (Å²) in [5.41, 5.74) is 1.89. The molecule has 1 aromatic carbocycles. The molecule has 2 aliphatic rings. The lowest BCUT2D eigenvalue weighted by Crippen LogP contribution is -2.55. The molecule has 1 aliphatic carbocycles. The van der Waals surface area contributed by atoms with Crippen molar-refractivity contribution in [3.05, 3.63) is 48.0 Å². The van der Waals surface area contributed by atoms with E-state index in [1.807, 2.05) is 30.3 Å².